The van der Waals surface area contributed by atoms with E-state index in [2.05, 4.69) is 4.98 Å². The van der Waals surface area contributed by atoms with Gasteiger partial charge in [-0.05, 0) is 36.2 Å². The van der Waals surface area contributed by atoms with Gasteiger partial charge in [0.1, 0.15) is 16.6 Å². The minimum Gasteiger partial charge on any atom is -0.481 e. The summed E-state index contributed by atoms with van der Waals surface area (Å²) in [6, 6.07) is 9.91. The number of hydrogen-bond acceptors (Lipinski definition) is 5. The molecule has 0 fully saturated rings. The van der Waals surface area contributed by atoms with Gasteiger partial charge in [-0.2, -0.15) is 0 Å². The third-order valence-electron chi connectivity index (χ3n) is 4.58. The monoisotopic (exact) mass is 400 g/mol. The van der Waals surface area contributed by atoms with E-state index in [1.54, 1.807) is 12.1 Å². The first kappa shape index (κ1) is 18.4. The molecule has 1 atom stereocenters. The maximum atomic E-state index is 13.4. The van der Waals surface area contributed by atoms with Crippen LogP contribution in [-0.4, -0.2) is 28.1 Å². The number of fused-ring (bicyclic) bond motifs is 2. The first-order valence-corrected chi connectivity index (χ1v) is 9.64. The van der Waals surface area contributed by atoms with Crippen molar-refractivity contribution >= 4 is 39.1 Å². The lowest BCUT2D eigenvalue weighted by Gasteiger charge is -2.33. The number of anilines is 1. The van der Waals surface area contributed by atoms with Gasteiger partial charge < -0.3 is 9.84 Å². The molecule has 8 heteroatoms. The van der Waals surface area contributed by atoms with Gasteiger partial charge in [-0.15, -0.1) is 11.3 Å². The molecule has 2 heterocycles. The molecule has 4 rings (SSSR count). The zero-order chi connectivity index (χ0) is 19.8. The summed E-state index contributed by atoms with van der Waals surface area (Å²) in [4.78, 5) is 30.0. The minimum absolute atomic E-state index is 0.166. The Morgan fingerprint density at radius 2 is 2.14 bits per heavy atom. The third-order valence-corrected chi connectivity index (χ3v) is 5.60. The number of carbonyl (C=O) groups is 2. The molecule has 28 heavy (non-hydrogen) atoms. The van der Waals surface area contributed by atoms with Gasteiger partial charge in [0.2, 0.25) is 0 Å². The van der Waals surface area contributed by atoms with Crippen molar-refractivity contribution in [3.63, 3.8) is 0 Å². The van der Waals surface area contributed by atoms with E-state index in [1.165, 1.54) is 28.4 Å². The van der Waals surface area contributed by atoms with Crippen LogP contribution in [0.2, 0.25) is 0 Å². The first-order chi connectivity index (χ1) is 13.4. The van der Waals surface area contributed by atoms with Crippen molar-refractivity contribution in [2.45, 2.75) is 32.4 Å². The maximum absolute atomic E-state index is 13.4. The van der Waals surface area contributed by atoms with Gasteiger partial charge in [0.05, 0.1) is 28.9 Å². The van der Waals surface area contributed by atoms with E-state index in [4.69, 9.17) is 9.84 Å². The maximum Gasteiger partial charge on any atom is 0.307 e. The van der Waals surface area contributed by atoms with Crippen LogP contribution < -0.4 is 9.64 Å². The topological polar surface area (TPSA) is 79.7 Å². The molecule has 0 aliphatic carbocycles. The van der Waals surface area contributed by atoms with Crippen LogP contribution >= 0.6 is 11.3 Å². The van der Waals surface area contributed by atoms with Gasteiger partial charge in [-0.25, -0.2) is 9.37 Å². The molecule has 0 bridgehead atoms. The Morgan fingerprint density at radius 1 is 1.32 bits per heavy atom. The highest BCUT2D eigenvalue weighted by Crippen LogP contribution is 2.37. The van der Waals surface area contributed by atoms with Crippen LogP contribution in [-0.2, 0) is 22.6 Å². The smallest absolute Gasteiger partial charge is 0.307 e. The van der Waals surface area contributed by atoms with E-state index in [0.717, 1.165) is 16.7 Å². The zero-order valence-corrected chi connectivity index (χ0v) is 15.8. The van der Waals surface area contributed by atoms with E-state index < -0.39 is 24.4 Å². The number of amides is 1. The molecule has 0 radical (unpaired) electrons. The molecule has 1 aliphatic heterocycles. The lowest BCUT2D eigenvalue weighted by atomic mass is 10.1. The number of halogens is 1. The predicted octanol–water partition coefficient (Wildman–Crippen LogP) is 3.77. The summed E-state index contributed by atoms with van der Waals surface area (Å²) >= 11 is 1.37. The molecule has 1 amide bonds. The third kappa shape index (κ3) is 3.43. The molecule has 0 saturated heterocycles. The van der Waals surface area contributed by atoms with Gasteiger partial charge in [-0.1, -0.05) is 13.0 Å². The normalized spacial score (nSPS) is 16.1. The number of aromatic nitrogens is 1. The van der Waals surface area contributed by atoms with E-state index >= 15 is 0 Å². The second-order valence-corrected chi connectivity index (χ2v) is 7.62. The van der Waals surface area contributed by atoms with E-state index in [1.807, 2.05) is 19.1 Å². The van der Waals surface area contributed by atoms with Gasteiger partial charge in [0.25, 0.3) is 5.91 Å². The van der Waals surface area contributed by atoms with Crippen LogP contribution in [0.25, 0.3) is 10.2 Å². The summed E-state index contributed by atoms with van der Waals surface area (Å²) in [6.45, 7) is 2.17. The number of carboxylic acid groups (broad SMARTS) is 1. The number of carboxylic acids is 1. The molecule has 6 nitrogen and oxygen atoms in total. The van der Waals surface area contributed by atoms with E-state index in [-0.39, 0.29) is 12.4 Å². The molecule has 1 aliphatic rings. The van der Waals surface area contributed by atoms with Crippen molar-refractivity contribution in [2.24, 2.45) is 0 Å². The van der Waals surface area contributed by atoms with Crippen LogP contribution in [0.15, 0.2) is 36.4 Å². The van der Waals surface area contributed by atoms with Crippen LogP contribution in [0.3, 0.4) is 0 Å². The lowest BCUT2D eigenvalue weighted by Crippen LogP contribution is -2.46. The zero-order valence-electron chi connectivity index (χ0n) is 15.0. The minimum atomic E-state index is -1.11. The summed E-state index contributed by atoms with van der Waals surface area (Å²) in [5.41, 5.74) is 2.16. The number of thiazole rings is 1. The fourth-order valence-corrected chi connectivity index (χ4v) is 4.13. The number of benzene rings is 2. The van der Waals surface area contributed by atoms with Crippen molar-refractivity contribution in [1.82, 2.24) is 4.98 Å². The Hall–Kier alpha value is -3.00. The molecule has 3 aromatic rings. The summed E-state index contributed by atoms with van der Waals surface area (Å²) < 4.78 is 19.9. The van der Waals surface area contributed by atoms with Crippen molar-refractivity contribution in [2.75, 3.05) is 4.90 Å². The highest BCUT2D eigenvalue weighted by molar-refractivity contribution is 7.18. The summed E-state index contributed by atoms with van der Waals surface area (Å²) in [6.07, 6.45) is -0.729. The lowest BCUT2D eigenvalue weighted by molar-refractivity contribution is -0.142. The van der Waals surface area contributed by atoms with E-state index in [0.29, 0.717) is 22.0 Å². The Morgan fingerprint density at radius 3 is 2.89 bits per heavy atom. The van der Waals surface area contributed by atoms with Gasteiger partial charge >= 0.3 is 5.97 Å². The molecule has 1 aromatic heterocycles. The van der Waals surface area contributed by atoms with Crippen LogP contribution in [0, 0.1) is 5.82 Å². The highest BCUT2D eigenvalue weighted by atomic mass is 32.1. The van der Waals surface area contributed by atoms with Gasteiger partial charge in [0.15, 0.2) is 6.10 Å². The molecule has 0 saturated carbocycles. The van der Waals surface area contributed by atoms with Crippen molar-refractivity contribution in [1.29, 1.82) is 0 Å². The Bertz CT molecular complexity index is 1080. The van der Waals surface area contributed by atoms with E-state index in [9.17, 15) is 14.0 Å². The quantitative estimate of drug-likeness (QED) is 0.705. The Kier molecular flexibility index (Phi) is 4.72. The Balaban J connectivity index is 1.73. The van der Waals surface area contributed by atoms with Crippen molar-refractivity contribution in [3.8, 4) is 5.75 Å². The second-order valence-electron chi connectivity index (χ2n) is 6.50. The Labute approximate surface area is 164 Å². The number of nitrogens with zero attached hydrogens (tertiary/aromatic N) is 2. The van der Waals surface area contributed by atoms with Crippen LogP contribution in [0.1, 0.15) is 23.9 Å². The van der Waals surface area contributed by atoms with Gasteiger partial charge in [0, 0.05) is 6.07 Å². The number of aryl methyl sites for hydroxylation is 1. The molecule has 1 unspecified atom stereocenters. The second kappa shape index (κ2) is 7.20. The highest BCUT2D eigenvalue weighted by Gasteiger charge is 2.36. The number of rotatable bonds is 5. The predicted molar refractivity (Wildman–Crippen MR) is 103 cm³/mol. The van der Waals surface area contributed by atoms with Crippen LogP contribution in [0.5, 0.6) is 5.75 Å². The molecule has 2 aromatic carbocycles. The largest absolute Gasteiger partial charge is 0.481 e. The molecule has 144 valence electrons. The molecular formula is C20H17FN2O4S. The number of hydrogen-bond donors (Lipinski definition) is 1. The molecular weight excluding hydrogens is 383 g/mol. The fourth-order valence-electron chi connectivity index (χ4n) is 3.19. The van der Waals surface area contributed by atoms with Crippen molar-refractivity contribution < 1.29 is 23.8 Å². The summed E-state index contributed by atoms with van der Waals surface area (Å²) in [5, 5.41) is 9.75. The first-order valence-electron chi connectivity index (χ1n) is 8.82. The summed E-state index contributed by atoms with van der Waals surface area (Å²) in [5.74, 6) is -1.43. The number of aliphatic carboxylic acids is 1. The van der Waals surface area contributed by atoms with Crippen LogP contribution in [0.4, 0.5) is 10.1 Å². The molecule has 1 N–H and O–H groups in total. The van der Waals surface area contributed by atoms with Crippen molar-refractivity contribution in [3.05, 3.63) is 52.8 Å². The van der Waals surface area contributed by atoms with Gasteiger partial charge in [-0.3, -0.25) is 14.5 Å². The summed E-state index contributed by atoms with van der Waals surface area (Å²) in [7, 11) is 0. The number of carbonyl (C=O) groups excluding carboxylic acids is 1. The number of ether oxygens (including phenoxy) is 1. The SMILES string of the molecule is CCc1ccc2c(c1)N(Cc1nc3cc(F)ccc3s1)C(=O)C(CC(=O)O)O2. The fraction of sp³-hybridized carbons (Fsp3) is 0.250. The standard InChI is InChI=1S/C20H17FN2O4S/c1-2-11-3-5-15-14(7-11)23(20(26)16(27-15)9-19(24)25)10-18-22-13-8-12(21)4-6-17(13)28-18/h3-8,16H,2,9-10H2,1H3,(H,24,25). The average Bonchev–Trinajstić information content (AvgIpc) is 3.06. The average molecular weight is 400 g/mol. The molecule has 0 spiro atoms.